The SMILES string of the molecule is O=S(=O)(Nc1cccc2c(-c3nc4ccc(N5CCC(N6CCCCC6)CC5)cc4[nH]3)[nH]nc12)c1cccs1. The van der Waals surface area contributed by atoms with Crippen LogP contribution in [0.1, 0.15) is 32.1 Å². The van der Waals surface area contributed by atoms with E-state index in [4.69, 9.17) is 4.98 Å². The summed E-state index contributed by atoms with van der Waals surface area (Å²) in [5.74, 6) is 0.673. The number of thiophene rings is 1. The Morgan fingerprint density at radius 1 is 0.974 bits per heavy atom. The van der Waals surface area contributed by atoms with Crippen LogP contribution in [0.5, 0.6) is 0 Å². The van der Waals surface area contributed by atoms with Gasteiger partial charge in [0.1, 0.15) is 15.4 Å². The molecule has 11 heteroatoms. The molecule has 202 valence electrons. The van der Waals surface area contributed by atoms with Crippen molar-refractivity contribution in [2.75, 3.05) is 35.8 Å². The van der Waals surface area contributed by atoms with Crippen molar-refractivity contribution in [1.29, 1.82) is 0 Å². The molecule has 3 aromatic heterocycles. The third-order valence-electron chi connectivity index (χ3n) is 8.03. The van der Waals surface area contributed by atoms with E-state index >= 15 is 0 Å². The molecule has 0 unspecified atom stereocenters. The zero-order valence-electron chi connectivity index (χ0n) is 21.6. The fourth-order valence-corrected chi connectivity index (χ4v) is 8.06. The van der Waals surface area contributed by atoms with E-state index in [-0.39, 0.29) is 4.21 Å². The summed E-state index contributed by atoms with van der Waals surface area (Å²) in [5.41, 5.74) is 4.77. The number of anilines is 2. The normalized spacial score (nSPS) is 17.8. The number of aromatic nitrogens is 4. The first-order chi connectivity index (χ1) is 19.0. The Hall–Kier alpha value is -3.41. The number of nitrogens with one attached hydrogen (secondary N) is 3. The van der Waals surface area contributed by atoms with Crippen LogP contribution in [0.25, 0.3) is 33.5 Å². The van der Waals surface area contributed by atoms with Gasteiger partial charge in [-0.2, -0.15) is 5.10 Å². The van der Waals surface area contributed by atoms with E-state index in [0.29, 0.717) is 17.0 Å². The molecule has 0 atom stereocenters. The molecule has 2 aliphatic heterocycles. The summed E-state index contributed by atoms with van der Waals surface area (Å²) in [7, 11) is -3.68. The van der Waals surface area contributed by atoms with E-state index in [2.05, 4.69) is 47.9 Å². The molecule has 0 spiro atoms. The first-order valence-electron chi connectivity index (χ1n) is 13.6. The number of likely N-dealkylation sites (tertiary alicyclic amines) is 1. The number of H-pyrrole nitrogens is 2. The highest BCUT2D eigenvalue weighted by molar-refractivity contribution is 7.94. The molecule has 9 nitrogen and oxygen atoms in total. The summed E-state index contributed by atoms with van der Waals surface area (Å²) < 4.78 is 28.5. The lowest BCUT2D eigenvalue weighted by atomic mass is 9.99. The van der Waals surface area contributed by atoms with Gasteiger partial charge in [0.15, 0.2) is 5.82 Å². The maximum Gasteiger partial charge on any atom is 0.271 e. The van der Waals surface area contributed by atoms with E-state index in [1.54, 1.807) is 23.6 Å². The molecule has 2 aromatic carbocycles. The largest absolute Gasteiger partial charge is 0.371 e. The third-order valence-corrected chi connectivity index (χ3v) is 10.8. The molecular formula is C28H31N7O2S2. The summed E-state index contributed by atoms with van der Waals surface area (Å²) >= 11 is 1.18. The van der Waals surface area contributed by atoms with Gasteiger partial charge < -0.3 is 14.8 Å². The average molecular weight is 562 g/mol. The second kappa shape index (κ2) is 9.96. The Morgan fingerprint density at radius 2 is 1.82 bits per heavy atom. The first kappa shape index (κ1) is 24.6. The highest BCUT2D eigenvalue weighted by Crippen LogP contribution is 2.33. The molecule has 0 amide bonds. The zero-order chi connectivity index (χ0) is 26.4. The van der Waals surface area contributed by atoms with E-state index in [9.17, 15) is 8.42 Å². The number of piperidine rings is 2. The lowest BCUT2D eigenvalue weighted by Gasteiger charge is -2.41. The Kier molecular flexibility index (Phi) is 6.29. The van der Waals surface area contributed by atoms with Gasteiger partial charge in [-0.05, 0) is 74.5 Å². The average Bonchev–Trinajstić information content (AvgIpc) is 3.73. The Bertz CT molecular complexity index is 1710. The van der Waals surface area contributed by atoms with Crippen molar-refractivity contribution < 1.29 is 8.42 Å². The van der Waals surface area contributed by atoms with Gasteiger partial charge in [0.25, 0.3) is 10.0 Å². The van der Waals surface area contributed by atoms with Crippen molar-refractivity contribution in [3.05, 3.63) is 53.9 Å². The van der Waals surface area contributed by atoms with Crippen LogP contribution in [0.3, 0.4) is 0 Å². The van der Waals surface area contributed by atoms with Crippen molar-refractivity contribution in [2.24, 2.45) is 0 Å². The zero-order valence-corrected chi connectivity index (χ0v) is 23.2. The van der Waals surface area contributed by atoms with Crippen LogP contribution in [0.15, 0.2) is 58.1 Å². The highest BCUT2D eigenvalue weighted by Gasteiger charge is 2.26. The van der Waals surface area contributed by atoms with Crippen LogP contribution in [0.4, 0.5) is 11.4 Å². The third kappa shape index (κ3) is 4.68. The number of para-hydroxylation sites is 1. The molecule has 0 radical (unpaired) electrons. The molecule has 0 bridgehead atoms. The second-order valence-electron chi connectivity index (χ2n) is 10.4. The quantitative estimate of drug-likeness (QED) is 0.255. The fraction of sp³-hybridized carbons (Fsp3) is 0.357. The summed E-state index contributed by atoms with van der Waals surface area (Å²) in [4.78, 5) is 13.5. The van der Waals surface area contributed by atoms with Gasteiger partial charge in [0, 0.05) is 30.2 Å². The van der Waals surface area contributed by atoms with Gasteiger partial charge in [-0.25, -0.2) is 13.4 Å². The van der Waals surface area contributed by atoms with Crippen molar-refractivity contribution in [3.8, 4) is 11.5 Å². The summed E-state index contributed by atoms with van der Waals surface area (Å²) in [5, 5.41) is 10.1. The number of hydrogen-bond acceptors (Lipinski definition) is 7. The van der Waals surface area contributed by atoms with Crippen molar-refractivity contribution in [3.63, 3.8) is 0 Å². The number of fused-ring (bicyclic) bond motifs is 2. The maximum atomic E-state index is 12.8. The lowest BCUT2D eigenvalue weighted by Crippen LogP contribution is -2.46. The summed E-state index contributed by atoms with van der Waals surface area (Å²) in [6.07, 6.45) is 6.49. The van der Waals surface area contributed by atoms with Gasteiger partial charge in [0.2, 0.25) is 0 Å². The number of hydrogen-bond donors (Lipinski definition) is 3. The van der Waals surface area contributed by atoms with Crippen LogP contribution in [-0.4, -0.2) is 65.7 Å². The van der Waals surface area contributed by atoms with Crippen LogP contribution in [-0.2, 0) is 10.0 Å². The van der Waals surface area contributed by atoms with Crippen LogP contribution in [0, 0.1) is 0 Å². The topological polar surface area (TPSA) is 110 Å². The predicted molar refractivity (Wildman–Crippen MR) is 157 cm³/mol. The number of sulfonamides is 1. The molecule has 39 heavy (non-hydrogen) atoms. The monoisotopic (exact) mass is 561 g/mol. The van der Waals surface area contributed by atoms with Crippen molar-refractivity contribution in [1.82, 2.24) is 25.1 Å². The standard InChI is InChI=1S/C28H31N7O2S2/c36-39(37,25-8-5-17-38-25)33-23-7-4-6-21-26(23)31-32-27(21)28-29-22-10-9-20(18-24(22)30-28)35-15-11-19(12-16-35)34-13-2-1-3-14-34/h4-10,17-19,33H,1-3,11-16H2,(H,29,30)(H,31,32). The Morgan fingerprint density at radius 3 is 2.62 bits per heavy atom. The summed E-state index contributed by atoms with van der Waals surface area (Å²) in [6.45, 7) is 4.67. The maximum absolute atomic E-state index is 12.8. The van der Waals surface area contributed by atoms with Crippen molar-refractivity contribution >= 4 is 54.7 Å². The summed E-state index contributed by atoms with van der Waals surface area (Å²) in [6, 6.07) is 15.9. The van der Waals surface area contributed by atoms with Gasteiger partial charge in [0.05, 0.1) is 16.7 Å². The van der Waals surface area contributed by atoms with Crippen LogP contribution < -0.4 is 9.62 Å². The molecular weight excluding hydrogens is 530 g/mol. The lowest BCUT2D eigenvalue weighted by molar-refractivity contribution is 0.141. The first-order valence-corrected chi connectivity index (χ1v) is 15.9. The molecule has 2 aliphatic rings. The fourth-order valence-electron chi connectivity index (χ4n) is 6.00. The molecule has 7 rings (SSSR count). The second-order valence-corrected chi connectivity index (χ2v) is 13.3. The molecule has 5 aromatic rings. The molecule has 2 saturated heterocycles. The highest BCUT2D eigenvalue weighted by atomic mass is 32.2. The molecule has 0 aliphatic carbocycles. The number of aromatic amines is 2. The van der Waals surface area contributed by atoms with E-state index in [0.717, 1.165) is 41.2 Å². The Balaban J connectivity index is 1.12. The minimum atomic E-state index is -3.68. The van der Waals surface area contributed by atoms with Gasteiger partial charge >= 0.3 is 0 Å². The van der Waals surface area contributed by atoms with E-state index in [1.165, 1.54) is 62.2 Å². The number of benzene rings is 2. The smallest absolute Gasteiger partial charge is 0.271 e. The van der Waals surface area contributed by atoms with Gasteiger partial charge in [-0.1, -0.05) is 24.6 Å². The van der Waals surface area contributed by atoms with E-state index < -0.39 is 10.0 Å². The van der Waals surface area contributed by atoms with E-state index in [1.807, 2.05) is 12.1 Å². The molecule has 3 N–H and O–H groups in total. The van der Waals surface area contributed by atoms with Gasteiger partial charge in [-0.15, -0.1) is 11.3 Å². The molecule has 2 fully saturated rings. The number of rotatable bonds is 6. The van der Waals surface area contributed by atoms with Crippen LogP contribution in [0.2, 0.25) is 0 Å². The Labute approximate surface area is 231 Å². The van der Waals surface area contributed by atoms with Crippen molar-refractivity contribution in [2.45, 2.75) is 42.4 Å². The van der Waals surface area contributed by atoms with Crippen LogP contribution >= 0.6 is 11.3 Å². The molecule has 5 heterocycles. The number of nitrogens with zero attached hydrogens (tertiary/aromatic N) is 4. The predicted octanol–water partition coefficient (Wildman–Crippen LogP) is 5.42. The van der Waals surface area contributed by atoms with Gasteiger partial charge in [-0.3, -0.25) is 9.82 Å². The minimum absolute atomic E-state index is 0.263. The molecule has 0 saturated carbocycles. The number of imidazole rings is 1. The minimum Gasteiger partial charge on any atom is -0.371 e.